The van der Waals surface area contributed by atoms with E-state index in [1.807, 2.05) is 49.2 Å². The molecular weight excluding hydrogens is 1470 g/mol. The number of para-hydroxylation sites is 5. The molecule has 0 saturated heterocycles. The maximum atomic E-state index is 4.54. The van der Waals surface area contributed by atoms with Crippen LogP contribution in [0.2, 0.25) is 0 Å². The zero-order chi connectivity index (χ0) is 82.6. The van der Waals surface area contributed by atoms with Gasteiger partial charge in [-0.2, -0.15) is 22.8 Å². The molecule has 0 saturated carbocycles. The van der Waals surface area contributed by atoms with Gasteiger partial charge in [0.15, 0.2) is 5.82 Å². The molecule has 0 atom stereocenters. The fraction of sp³-hybridized carbons (Fsp3) is 0.0935. The van der Waals surface area contributed by atoms with Gasteiger partial charge in [-0.25, -0.2) is 19.9 Å². The molecule has 580 valence electrons. The number of nitrogens with zero attached hydrogens (tertiary/aromatic N) is 13. The van der Waals surface area contributed by atoms with Gasteiger partial charge in [-0.05, 0) is 189 Å². The van der Waals surface area contributed by atoms with E-state index in [0.717, 1.165) is 50.9 Å². The molecular formula is C107H92N13+5. The van der Waals surface area contributed by atoms with E-state index in [1.165, 1.54) is 144 Å². The lowest BCUT2D eigenvalue weighted by molar-refractivity contribution is -0.633. The van der Waals surface area contributed by atoms with Gasteiger partial charge in [0.25, 0.3) is 0 Å². The zero-order valence-corrected chi connectivity index (χ0v) is 69.1. The second-order valence-electron chi connectivity index (χ2n) is 29.9. The minimum Gasteiger partial charge on any atom is -0.265 e. The zero-order valence-electron chi connectivity index (χ0n) is 69.1. The van der Waals surface area contributed by atoms with Crippen LogP contribution in [0, 0.1) is 34.6 Å². The molecule has 0 aliphatic heterocycles. The summed E-state index contributed by atoms with van der Waals surface area (Å²) in [6.45, 7) is 10.8. The second-order valence-corrected chi connectivity index (χ2v) is 29.9. The number of hydrogen-bond donors (Lipinski definition) is 0. The Morgan fingerprint density at radius 3 is 0.883 bits per heavy atom. The number of hydrogen-bond acceptors (Lipinski definition) is 8. The molecule has 0 aliphatic rings. The van der Waals surface area contributed by atoms with Gasteiger partial charge in [-0.15, -0.1) is 0 Å². The first-order valence-corrected chi connectivity index (χ1v) is 40.3. The number of rotatable bonds is 10. The van der Waals surface area contributed by atoms with Crippen molar-refractivity contribution in [3.8, 4) is 112 Å². The van der Waals surface area contributed by atoms with Crippen LogP contribution in [0.15, 0.2) is 378 Å². The van der Waals surface area contributed by atoms with Crippen LogP contribution < -0.4 is 22.8 Å². The van der Waals surface area contributed by atoms with Crippen LogP contribution in [0.4, 0.5) is 0 Å². The van der Waals surface area contributed by atoms with Crippen LogP contribution in [0.25, 0.3) is 167 Å². The summed E-state index contributed by atoms with van der Waals surface area (Å²) >= 11 is 0. The Kier molecular flexibility index (Phi) is 23.5. The third-order valence-electron chi connectivity index (χ3n) is 22.4. The molecule has 13 nitrogen and oxygen atoms in total. The Morgan fingerprint density at radius 1 is 0.200 bits per heavy atom. The fourth-order valence-electron chi connectivity index (χ4n) is 16.4. The Balaban J connectivity index is 0.000000112. The van der Waals surface area contributed by atoms with Crippen LogP contribution in [0.3, 0.4) is 0 Å². The molecule has 0 unspecified atom stereocenters. The van der Waals surface area contributed by atoms with E-state index in [1.54, 1.807) is 37.3 Å². The van der Waals surface area contributed by atoms with E-state index in [4.69, 9.17) is 0 Å². The summed E-state index contributed by atoms with van der Waals surface area (Å²) in [4.78, 5) is 34.8. The van der Waals surface area contributed by atoms with Crippen molar-refractivity contribution < 1.29 is 22.8 Å². The molecule has 13 heteroatoms. The second kappa shape index (κ2) is 35.9. The third-order valence-corrected chi connectivity index (χ3v) is 22.4. The van der Waals surface area contributed by atoms with Crippen LogP contribution in [-0.4, -0.2) is 39.9 Å². The Hall–Kier alpha value is -15.2. The molecule has 0 aliphatic carbocycles. The number of aromatic nitrogens is 13. The average Bonchev–Trinajstić information content (AvgIpc) is 0.784. The monoisotopic (exact) mass is 1560 g/mol. The minimum atomic E-state index is 0.747. The molecule has 0 spiro atoms. The molecule has 0 amide bonds. The summed E-state index contributed by atoms with van der Waals surface area (Å²) < 4.78 is 11.3. The first kappa shape index (κ1) is 78.7. The largest absolute Gasteiger partial charge is 0.265 e. The quantitative estimate of drug-likeness (QED) is 0.124. The number of fused-ring (bicyclic) bond motifs is 5. The minimum absolute atomic E-state index is 0.747. The lowest BCUT2D eigenvalue weighted by Crippen LogP contribution is -2.33. The van der Waals surface area contributed by atoms with Crippen LogP contribution in [0.1, 0.15) is 27.8 Å². The molecule has 0 radical (unpaired) electrons. The normalized spacial score (nSPS) is 10.9. The highest BCUT2D eigenvalue weighted by atomic mass is 15.0. The van der Waals surface area contributed by atoms with Crippen LogP contribution in [-0.2, 0) is 35.2 Å². The molecule has 120 heavy (non-hydrogen) atoms. The highest BCUT2D eigenvalue weighted by Crippen LogP contribution is 2.39. The first-order chi connectivity index (χ1) is 58.8. The van der Waals surface area contributed by atoms with Crippen molar-refractivity contribution in [3.05, 3.63) is 405 Å². The van der Waals surface area contributed by atoms with E-state index in [9.17, 15) is 0 Å². The lowest BCUT2D eigenvalue weighted by atomic mass is 9.95. The maximum Gasteiger partial charge on any atom is 0.224 e. The molecule has 0 N–H and O–H groups in total. The van der Waals surface area contributed by atoms with E-state index >= 15 is 0 Å². The van der Waals surface area contributed by atoms with Crippen LogP contribution >= 0.6 is 0 Å². The number of aryl methyl sites for hydroxylation is 10. The van der Waals surface area contributed by atoms with Gasteiger partial charge in [0.2, 0.25) is 56.1 Å². The van der Waals surface area contributed by atoms with Gasteiger partial charge in [-0.1, -0.05) is 158 Å². The summed E-state index contributed by atoms with van der Waals surface area (Å²) in [5.41, 5.74) is 34.2. The highest BCUT2D eigenvalue weighted by Gasteiger charge is 2.29. The molecule has 20 rings (SSSR count). The van der Waals surface area contributed by atoms with Crippen molar-refractivity contribution in [1.82, 2.24) is 39.9 Å². The Labute approximate surface area is 700 Å². The summed E-state index contributed by atoms with van der Waals surface area (Å²) in [5.74, 6) is 0.747. The van der Waals surface area contributed by atoms with Crippen molar-refractivity contribution in [3.63, 3.8) is 0 Å². The average molecular weight is 1560 g/mol. The van der Waals surface area contributed by atoms with Gasteiger partial charge >= 0.3 is 0 Å². The highest BCUT2D eigenvalue weighted by molar-refractivity contribution is 5.93. The van der Waals surface area contributed by atoms with E-state index in [0.29, 0.717) is 0 Å². The van der Waals surface area contributed by atoms with Crippen molar-refractivity contribution in [2.45, 2.75) is 34.6 Å². The first-order valence-electron chi connectivity index (χ1n) is 40.3. The van der Waals surface area contributed by atoms with Gasteiger partial charge < -0.3 is 0 Å². The maximum absolute atomic E-state index is 4.54. The van der Waals surface area contributed by atoms with Gasteiger partial charge in [-0.3, -0.25) is 19.9 Å². The number of benzene rings is 10. The van der Waals surface area contributed by atoms with Gasteiger partial charge in [0.1, 0.15) is 41.6 Å². The van der Waals surface area contributed by atoms with E-state index < -0.39 is 0 Å². The van der Waals surface area contributed by atoms with Gasteiger partial charge in [0.05, 0.1) is 45.4 Å². The summed E-state index contributed by atoms with van der Waals surface area (Å²) in [6.07, 6.45) is 19.7. The fourth-order valence-corrected chi connectivity index (χ4v) is 16.4. The molecule has 0 fully saturated rings. The SMILES string of the molecule is Cc1ccccc1-c1c(-c2cccnc2)cc2ccccc2[n+]1C.Cc1ccccc1-c1c(-c2ccncc2)cc2ccccc2[n+]1C.Cc1ccccc1-c1c(-c2ccncn2)cc2ccccc2[n+]1C.Cc1ccccc1-c1c(-c2cnccn2)cc2ccccc2[n+]1C.Cc1ccccc1-c1c(-c2ncccn2)cc2ccccc2[n+]1C. The molecule has 10 aromatic carbocycles. The van der Waals surface area contributed by atoms with Crippen molar-refractivity contribution in [2.24, 2.45) is 35.2 Å². The molecule has 0 bridgehead atoms. The molecule has 10 heterocycles. The standard InChI is InChI=1S/2C22H19N2.3C21H18N3/c1-16-8-3-5-11-19(16)22-20(18-10-7-13-23-15-18)14-17-9-4-6-12-21(17)24(22)2;1-16-7-3-5-9-19(16)22-20(17-11-13-23-14-12-17)15-18-8-4-6-10-21(18)24(22)2;1-15-8-3-5-10-17(15)20-18(21-22-12-7-13-23-21)14-16-9-4-6-11-19(16)24(20)2;1-15-7-3-5-9-17(15)21-18(19-14-22-11-12-23-19)13-16-8-4-6-10-20(16)24(21)2;1-15-7-3-5-9-17(15)21-18(19-11-12-22-14-23-19)13-16-8-4-6-10-20(16)24(21)2/h2*3-15H,1-2H3;3*3-14H,1-2H3/q5*+1. The smallest absolute Gasteiger partial charge is 0.224 e. The Bertz CT molecular complexity index is 6100. The van der Waals surface area contributed by atoms with E-state index in [-0.39, 0.29) is 0 Å². The topological polar surface area (TPSA) is 123 Å². The lowest BCUT2D eigenvalue weighted by Gasteiger charge is -2.12. The van der Waals surface area contributed by atoms with Crippen molar-refractivity contribution in [1.29, 1.82) is 0 Å². The third kappa shape index (κ3) is 16.4. The predicted molar refractivity (Wildman–Crippen MR) is 486 cm³/mol. The molecule has 20 aromatic rings. The predicted octanol–water partition coefficient (Wildman–Crippen LogP) is 21.7. The molecule has 10 aromatic heterocycles. The van der Waals surface area contributed by atoms with Crippen molar-refractivity contribution in [2.75, 3.05) is 0 Å². The summed E-state index contributed by atoms with van der Waals surface area (Å²) in [6, 6.07) is 108. The van der Waals surface area contributed by atoms with Crippen molar-refractivity contribution >= 4 is 54.5 Å². The number of pyridine rings is 7. The summed E-state index contributed by atoms with van der Waals surface area (Å²) in [5, 5.41) is 6.05. The summed E-state index contributed by atoms with van der Waals surface area (Å²) in [7, 11) is 10.6. The van der Waals surface area contributed by atoms with Gasteiger partial charge in [0, 0.05) is 146 Å². The van der Waals surface area contributed by atoms with E-state index in [2.05, 4.69) is 424 Å². The Morgan fingerprint density at radius 2 is 0.525 bits per heavy atom. The van der Waals surface area contributed by atoms with Crippen LogP contribution in [0.5, 0.6) is 0 Å².